The molecule has 1 saturated carbocycles. The summed E-state index contributed by atoms with van der Waals surface area (Å²) in [7, 11) is 0. The zero-order valence-corrected chi connectivity index (χ0v) is 12.3. The lowest BCUT2D eigenvalue weighted by Crippen LogP contribution is -2.69. The number of rotatable bonds is 3. The molecule has 1 aliphatic carbocycles. The fraction of sp³-hybridized carbons (Fsp3) is 0.533. The lowest BCUT2D eigenvalue weighted by atomic mass is 9.97. The highest BCUT2D eigenvalue weighted by Crippen LogP contribution is 2.34. The second-order valence-corrected chi connectivity index (χ2v) is 5.84. The van der Waals surface area contributed by atoms with Crippen molar-refractivity contribution in [3.05, 3.63) is 35.2 Å². The van der Waals surface area contributed by atoms with E-state index in [2.05, 4.69) is 53.3 Å². The number of aryl methyl sites for hydroxylation is 2. The Labute approximate surface area is 119 Å². The predicted octanol–water partition coefficient (Wildman–Crippen LogP) is 1.54. The van der Waals surface area contributed by atoms with Gasteiger partial charge in [-0.2, -0.15) is 4.68 Å². The van der Waals surface area contributed by atoms with E-state index in [0.717, 1.165) is 30.8 Å². The topological polar surface area (TPSA) is 71.2 Å². The molecular weight excluding hydrogens is 250 g/mol. The number of para-hydroxylation sites is 1. The lowest BCUT2D eigenvalue weighted by Gasteiger charge is -2.20. The molecule has 0 aliphatic heterocycles. The van der Waals surface area contributed by atoms with Gasteiger partial charge in [0.25, 0.3) is 0 Å². The summed E-state index contributed by atoms with van der Waals surface area (Å²) in [5.74, 6) is 0.916. The monoisotopic (exact) mass is 272 g/mol. The first-order chi connectivity index (χ1) is 9.65. The molecule has 20 heavy (non-hydrogen) atoms. The van der Waals surface area contributed by atoms with Crippen molar-refractivity contribution in [2.45, 2.75) is 51.5 Å². The number of hydrogen-bond acceptors (Lipinski definition) is 3. The normalized spacial score (nSPS) is 17.6. The van der Waals surface area contributed by atoms with Crippen molar-refractivity contribution in [3.63, 3.8) is 0 Å². The number of nitrogens with zero attached hydrogens (tertiary/aromatic N) is 4. The van der Waals surface area contributed by atoms with Crippen LogP contribution in [0.4, 0.5) is 0 Å². The van der Waals surface area contributed by atoms with E-state index in [0.29, 0.717) is 0 Å². The third kappa shape index (κ3) is 2.02. The maximum Gasteiger partial charge on any atom is 0.217 e. The van der Waals surface area contributed by atoms with Gasteiger partial charge in [-0.15, -0.1) is 5.10 Å². The van der Waals surface area contributed by atoms with Crippen LogP contribution in [-0.2, 0) is 12.0 Å². The van der Waals surface area contributed by atoms with Crippen LogP contribution in [0.1, 0.15) is 49.6 Å². The Balaban J connectivity index is 2.15. The summed E-state index contributed by atoms with van der Waals surface area (Å²) in [5.41, 5.74) is 7.91. The number of benzene rings is 1. The highest BCUT2D eigenvalue weighted by Gasteiger charge is 2.41. The molecule has 0 amide bonds. The Kier molecular flexibility index (Phi) is 3.30. The standard InChI is InChI=1S/C15H21N5/c1-3-12-8-6-7-11(2)13(12)20-14(17-18-19-20)15(16)9-4-5-10-15/h6-8H,3-5,9-10,16H2,1-2H3/p+1. The van der Waals surface area contributed by atoms with Gasteiger partial charge in [-0.25, -0.2) is 0 Å². The van der Waals surface area contributed by atoms with Gasteiger partial charge < -0.3 is 5.73 Å². The van der Waals surface area contributed by atoms with Crippen molar-refractivity contribution >= 4 is 0 Å². The summed E-state index contributed by atoms with van der Waals surface area (Å²) in [4.78, 5) is 0. The van der Waals surface area contributed by atoms with E-state index >= 15 is 0 Å². The first-order valence-corrected chi connectivity index (χ1v) is 7.39. The first kappa shape index (κ1) is 13.2. The molecule has 0 atom stereocenters. The van der Waals surface area contributed by atoms with Gasteiger partial charge in [-0.1, -0.05) is 25.1 Å². The Morgan fingerprint density at radius 2 is 2.05 bits per heavy atom. The van der Waals surface area contributed by atoms with E-state index < -0.39 is 0 Å². The van der Waals surface area contributed by atoms with Crippen LogP contribution in [-0.4, -0.2) is 20.2 Å². The van der Waals surface area contributed by atoms with E-state index in [9.17, 15) is 0 Å². The summed E-state index contributed by atoms with van der Waals surface area (Å²) in [6, 6.07) is 6.36. The van der Waals surface area contributed by atoms with E-state index in [4.69, 9.17) is 0 Å². The van der Waals surface area contributed by atoms with Gasteiger partial charge >= 0.3 is 0 Å². The van der Waals surface area contributed by atoms with Crippen LogP contribution in [0.15, 0.2) is 18.2 Å². The van der Waals surface area contributed by atoms with Crippen LogP contribution in [0.25, 0.3) is 5.69 Å². The van der Waals surface area contributed by atoms with Crippen molar-refractivity contribution in [3.8, 4) is 5.69 Å². The number of quaternary nitrogens is 1. The fourth-order valence-corrected chi connectivity index (χ4v) is 3.25. The van der Waals surface area contributed by atoms with Crippen LogP contribution in [0, 0.1) is 6.92 Å². The van der Waals surface area contributed by atoms with E-state index in [1.807, 2.05) is 4.68 Å². The Morgan fingerprint density at radius 1 is 1.30 bits per heavy atom. The van der Waals surface area contributed by atoms with Crippen LogP contribution in [0.5, 0.6) is 0 Å². The van der Waals surface area contributed by atoms with E-state index in [1.54, 1.807) is 0 Å². The lowest BCUT2D eigenvalue weighted by molar-refractivity contribution is -0.488. The van der Waals surface area contributed by atoms with Crippen molar-refractivity contribution in [1.29, 1.82) is 0 Å². The van der Waals surface area contributed by atoms with Gasteiger partial charge in [0.15, 0.2) is 5.54 Å². The molecule has 1 aromatic heterocycles. The van der Waals surface area contributed by atoms with Crippen LogP contribution < -0.4 is 5.73 Å². The third-order valence-electron chi connectivity index (χ3n) is 4.42. The molecule has 2 aromatic rings. The van der Waals surface area contributed by atoms with Gasteiger partial charge in [0.05, 0.1) is 5.69 Å². The number of tetrazole rings is 1. The van der Waals surface area contributed by atoms with Crippen molar-refractivity contribution < 1.29 is 5.73 Å². The summed E-state index contributed by atoms with van der Waals surface area (Å²) in [5, 5.41) is 12.5. The summed E-state index contributed by atoms with van der Waals surface area (Å²) in [6.07, 6.45) is 5.54. The molecule has 106 valence electrons. The largest absolute Gasteiger partial charge is 0.346 e. The molecule has 5 heteroatoms. The average molecular weight is 272 g/mol. The predicted molar refractivity (Wildman–Crippen MR) is 76.3 cm³/mol. The molecule has 3 N–H and O–H groups in total. The van der Waals surface area contributed by atoms with Gasteiger partial charge in [-0.05, 0) is 47.7 Å². The number of aromatic nitrogens is 4. The highest BCUT2D eigenvalue weighted by molar-refractivity contribution is 5.47. The number of hydrogen-bond donors (Lipinski definition) is 1. The van der Waals surface area contributed by atoms with Crippen LogP contribution in [0.2, 0.25) is 0 Å². The molecule has 0 bridgehead atoms. The SMILES string of the molecule is CCc1cccc(C)c1-n1nnnc1C1([NH3+])CCCC1. The van der Waals surface area contributed by atoms with Gasteiger partial charge in [0.2, 0.25) is 5.82 Å². The smallest absolute Gasteiger partial charge is 0.217 e. The van der Waals surface area contributed by atoms with E-state index in [1.165, 1.54) is 24.0 Å². The minimum Gasteiger partial charge on any atom is -0.346 e. The average Bonchev–Trinajstić information content (AvgIpc) is 3.08. The van der Waals surface area contributed by atoms with Crippen molar-refractivity contribution in [2.24, 2.45) is 0 Å². The molecule has 0 unspecified atom stereocenters. The maximum absolute atomic E-state index is 4.42. The summed E-state index contributed by atoms with van der Waals surface area (Å²) < 4.78 is 1.92. The minimum atomic E-state index is -0.128. The molecule has 0 spiro atoms. The molecule has 1 heterocycles. The molecular formula is C15H22N5+. The van der Waals surface area contributed by atoms with Crippen LogP contribution >= 0.6 is 0 Å². The second kappa shape index (κ2) is 4.98. The third-order valence-corrected chi connectivity index (χ3v) is 4.42. The molecule has 3 rings (SSSR count). The van der Waals surface area contributed by atoms with Crippen molar-refractivity contribution in [1.82, 2.24) is 20.2 Å². The van der Waals surface area contributed by atoms with Gasteiger partial charge in [0, 0.05) is 12.8 Å². The van der Waals surface area contributed by atoms with E-state index in [-0.39, 0.29) is 5.54 Å². The minimum absolute atomic E-state index is 0.128. The highest BCUT2D eigenvalue weighted by atomic mass is 15.6. The molecule has 1 aliphatic rings. The fourth-order valence-electron chi connectivity index (χ4n) is 3.25. The second-order valence-electron chi connectivity index (χ2n) is 5.84. The zero-order valence-electron chi connectivity index (χ0n) is 12.3. The quantitative estimate of drug-likeness (QED) is 0.921. The summed E-state index contributed by atoms with van der Waals surface area (Å²) >= 11 is 0. The van der Waals surface area contributed by atoms with Crippen molar-refractivity contribution in [2.75, 3.05) is 0 Å². The molecule has 1 aromatic carbocycles. The molecule has 1 fully saturated rings. The molecule has 0 saturated heterocycles. The van der Waals surface area contributed by atoms with Gasteiger partial charge in [-0.3, -0.25) is 0 Å². The van der Waals surface area contributed by atoms with Crippen LogP contribution in [0.3, 0.4) is 0 Å². The summed E-state index contributed by atoms with van der Waals surface area (Å²) in [6.45, 7) is 4.28. The Bertz CT molecular complexity index is 610. The Morgan fingerprint density at radius 3 is 2.75 bits per heavy atom. The zero-order chi connectivity index (χ0) is 14.2. The molecule has 0 radical (unpaired) electrons. The maximum atomic E-state index is 4.42. The first-order valence-electron chi connectivity index (χ1n) is 7.39. The van der Waals surface area contributed by atoms with Gasteiger partial charge in [0.1, 0.15) is 0 Å². The Hall–Kier alpha value is -1.75. The molecule has 5 nitrogen and oxygen atoms in total.